The van der Waals surface area contributed by atoms with Crippen LogP contribution < -0.4 is 10.6 Å². The van der Waals surface area contributed by atoms with E-state index in [0.29, 0.717) is 6.54 Å². The summed E-state index contributed by atoms with van der Waals surface area (Å²) in [6.07, 6.45) is 4.87. The van der Waals surface area contributed by atoms with Crippen molar-refractivity contribution in [2.45, 2.75) is 44.2 Å². The van der Waals surface area contributed by atoms with Crippen molar-refractivity contribution in [2.24, 2.45) is 0 Å². The number of hydrogen-bond acceptors (Lipinski definition) is 4. The number of hydrogen-bond donors (Lipinski definition) is 2. The van der Waals surface area contributed by atoms with Crippen LogP contribution >= 0.6 is 12.4 Å². The first-order chi connectivity index (χ1) is 13.7. The van der Waals surface area contributed by atoms with Gasteiger partial charge < -0.3 is 15.5 Å². The molecule has 1 saturated heterocycles. The average Bonchev–Trinajstić information content (AvgIpc) is 3.01. The van der Waals surface area contributed by atoms with Crippen molar-refractivity contribution in [1.82, 2.24) is 15.2 Å². The summed E-state index contributed by atoms with van der Waals surface area (Å²) in [6, 6.07) is 13.6. The number of amides is 2. The number of pyridine rings is 1. The van der Waals surface area contributed by atoms with Crippen LogP contribution in [0.4, 0.5) is 5.69 Å². The van der Waals surface area contributed by atoms with Crippen molar-refractivity contribution in [3.05, 3.63) is 59.9 Å². The highest BCUT2D eigenvalue weighted by molar-refractivity contribution is 6.01. The molecule has 154 valence electrons. The molecule has 29 heavy (non-hydrogen) atoms. The van der Waals surface area contributed by atoms with Crippen LogP contribution in [0.15, 0.2) is 48.7 Å². The highest BCUT2D eigenvalue weighted by atomic mass is 35.5. The number of aromatic nitrogens is 1. The normalized spacial score (nSPS) is 21.2. The van der Waals surface area contributed by atoms with Gasteiger partial charge in [-0.1, -0.05) is 24.3 Å². The van der Waals surface area contributed by atoms with Crippen molar-refractivity contribution in [3.63, 3.8) is 0 Å². The SMILES string of the molecule is Cl.O=C1CC(C(=O)N(Cc2ccccn2)C2CCCNCC2)c2ccccc2N1. The van der Waals surface area contributed by atoms with Crippen LogP contribution in [0.3, 0.4) is 0 Å². The summed E-state index contributed by atoms with van der Waals surface area (Å²) in [5.41, 5.74) is 2.53. The third-order valence-corrected chi connectivity index (χ3v) is 5.63. The van der Waals surface area contributed by atoms with E-state index in [1.165, 1.54) is 0 Å². The summed E-state index contributed by atoms with van der Waals surface area (Å²) >= 11 is 0. The van der Waals surface area contributed by atoms with Crippen LogP contribution in [0.1, 0.15) is 42.9 Å². The lowest BCUT2D eigenvalue weighted by Gasteiger charge is -2.35. The van der Waals surface area contributed by atoms with E-state index in [1.807, 2.05) is 47.4 Å². The molecule has 2 aromatic rings. The maximum absolute atomic E-state index is 13.7. The molecule has 2 unspecified atom stereocenters. The molecule has 6 nitrogen and oxygen atoms in total. The van der Waals surface area contributed by atoms with Gasteiger partial charge in [-0.2, -0.15) is 0 Å². The molecule has 7 heteroatoms. The fourth-order valence-corrected chi connectivity index (χ4v) is 4.20. The van der Waals surface area contributed by atoms with E-state index in [4.69, 9.17) is 0 Å². The molecule has 0 saturated carbocycles. The summed E-state index contributed by atoms with van der Waals surface area (Å²) in [5.74, 6) is -0.512. The number of carbonyl (C=O) groups excluding carboxylic acids is 2. The molecule has 2 aliphatic heterocycles. The number of carbonyl (C=O) groups is 2. The van der Waals surface area contributed by atoms with Gasteiger partial charge in [-0.3, -0.25) is 14.6 Å². The summed E-state index contributed by atoms with van der Waals surface area (Å²) in [5, 5.41) is 6.31. The highest BCUT2D eigenvalue weighted by Gasteiger charge is 2.36. The maximum atomic E-state index is 13.7. The van der Waals surface area contributed by atoms with E-state index in [2.05, 4.69) is 15.6 Å². The molecule has 0 bridgehead atoms. The van der Waals surface area contributed by atoms with Gasteiger partial charge in [0.25, 0.3) is 0 Å². The van der Waals surface area contributed by atoms with E-state index in [-0.39, 0.29) is 36.7 Å². The second kappa shape index (κ2) is 9.85. The van der Waals surface area contributed by atoms with Crippen molar-refractivity contribution in [3.8, 4) is 0 Å². The first-order valence-electron chi connectivity index (χ1n) is 10.0. The van der Waals surface area contributed by atoms with Gasteiger partial charge in [0.1, 0.15) is 0 Å². The summed E-state index contributed by atoms with van der Waals surface area (Å²) in [7, 11) is 0. The summed E-state index contributed by atoms with van der Waals surface area (Å²) in [4.78, 5) is 32.4. The summed E-state index contributed by atoms with van der Waals surface area (Å²) < 4.78 is 0. The van der Waals surface area contributed by atoms with Crippen LogP contribution in [0.5, 0.6) is 0 Å². The van der Waals surface area contributed by atoms with Crippen LogP contribution in [0.2, 0.25) is 0 Å². The van der Waals surface area contributed by atoms with Crippen molar-refractivity contribution >= 4 is 29.9 Å². The van der Waals surface area contributed by atoms with Crippen molar-refractivity contribution < 1.29 is 9.59 Å². The fraction of sp³-hybridized carbons (Fsp3) is 0.409. The number of nitrogens with zero attached hydrogens (tertiary/aromatic N) is 2. The molecular formula is C22H27ClN4O2. The lowest BCUT2D eigenvalue weighted by atomic mass is 9.88. The quantitative estimate of drug-likeness (QED) is 0.806. The first-order valence-corrected chi connectivity index (χ1v) is 10.0. The number of halogens is 1. The molecule has 0 radical (unpaired) electrons. The molecular weight excluding hydrogens is 388 g/mol. The topological polar surface area (TPSA) is 74.3 Å². The van der Waals surface area contributed by atoms with Gasteiger partial charge in [0, 0.05) is 24.3 Å². The zero-order valence-electron chi connectivity index (χ0n) is 16.3. The monoisotopic (exact) mass is 414 g/mol. The molecule has 2 aliphatic rings. The van der Waals surface area contributed by atoms with Crippen LogP contribution in [-0.2, 0) is 16.1 Å². The minimum Gasteiger partial charge on any atom is -0.333 e. The Bertz CT molecular complexity index is 838. The first kappa shape index (κ1) is 21.3. The Morgan fingerprint density at radius 1 is 1.10 bits per heavy atom. The molecule has 2 atom stereocenters. The van der Waals surface area contributed by atoms with E-state index in [1.54, 1.807) is 6.20 Å². The van der Waals surface area contributed by atoms with Crippen LogP contribution in [-0.4, -0.2) is 40.8 Å². The molecule has 1 fully saturated rings. The van der Waals surface area contributed by atoms with E-state index >= 15 is 0 Å². The van der Waals surface area contributed by atoms with Crippen LogP contribution in [0, 0.1) is 0 Å². The lowest BCUT2D eigenvalue weighted by Crippen LogP contribution is -2.44. The van der Waals surface area contributed by atoms with Gasteiger partial charge in [-0.25, -0.2) is 0 Å². The molecule has 2 N–H and O–H groups in total. The smallest absolute Gasteiger partial charge is 0.231 e. The van der Waals surface area contributed by atoms with E-state index < -0.39 is 5.92 Å². The van der Waals surface area contributed by atoms with Gasteiger partial charge in [0.15, 0.2) is 0 Å². The third-order valence-electron chi connectivity index (χ3n) is 5.63. The molecule has 1 aromatic heterocycles. The minimum absolute atomic E-state index is 0. The van der Waals surface area contributed by atoms with Gasteiger partial charge in [0.05, 0.1) is 18.2 Å². The standard InChI is InChI=1S/C22H26N4O2.ClH/c27-21-14-19(18-8-1-2-9-20(18)25-21)22(28)26(15-16-6-3-4-12-24-16)17-7-5-11-23-13-10-17;/h1-4,6,8-9,12,17,19,23H,5,7,10-11,13-15H2,(H,25,27);1H. The highest BCUT2D eigenvalue weighted by Crippen LogP contribution is 2.34. The molecule has 1 aromatic carbocycles. The molecule has 2 amide bonds. The van der Waals surface area contributed by atoms with Gasteiger partial charge in [-0.15, -0.1) is 12.4 Å². The van der Waals surface area contributed by atoms with Gasteiger partial charge >= 0.3 is 0 Å². The Morgan fingerprint density at radius 2 is 1.93 bits per heavy atom. The van der Waals surface area contributed by atoms with Crippen molar-refractivity contribution in [1.29, 1.82) is 0 Å². The second-order valence-corrected chi connectivity index (χ2v) is 7.51. The van der Waals surface area contributed by atoms with E-state index in [0.717, 1.165) is 49.3 Å². The number of benzene rings is 1. The minimum atomic E-state index is -0.440. The molecule has 0 aliphatic carbocycles. The predicted octanol–water partition coefficient (Wildman–Crippen LogP) is 3.10. The Labute approximate surface area is 177 Å². The second-order valence-electron chi connectivity index (χ2n) is 7.51. The van der Waals surface area contributed by atoms with Gasteiger partial charge in [0.2, 0.25) is 11.8 Å². The number of anilines is 1. The molecule has 4 rings (SSSR count). The van der Waals surface area contributed by atoms with E-state index in [9.17, 15) is 9.59 Å². The Balaban J connectivity index is 0.00000240. The zero-order valence-corrected chi connectivity index (χ0v) is 17.2. The Kier molecular flexibility index (Phi) is 7.23. The third kappa shape index (κ3) is 4.95. The lowest BCUT2D eigenvalue weighted by molar-refractivity contribution is -0.138. The predicted molar refractivity (Wildman–Crippen MR) is 115 cm³/mol. The fourth-order valence-electron chi connectivity index (χ4n) is 4.20. The number of para-hydroxylation sites is 1. The molecule has 3 heterocycles. The maximum Gasteiger partial charge on any atom is 0.231 e. The Hall–Kier alpha value is -2.44. The van der Waals surface area contributed by atoms with Crippen molar-refractivity contribution in [2.75, 3.05) is 18.4 Å². The zero-order chi connectivity index (χ0) is 19.3. The summed E-state index contributed by atoms with van der Waals surface area (Å²) in [6.45, 7) is 2.36. The van der Waals surface area contributed by atoms with Gasteiger partial charge in [-0.05, 0) is 56.1 Å². The number of fused-ring (bicyclic) bond motifs is 1. The number of nitrogens with one attached hydrogen (secondary N) is 2. The number of rotatable bonds is 4. The Morgan fingerprint density at radius 3 is 2.76 bits per heavy atom. The largest absolute Gasteiger partial charge is 0.333 e. The van der Waals surface area contributed by atoms with Crippen LogP contribution in [0.25, 0.3) is 0 Å². The molecule has 0 spiro atoms. The average molecular weight is 415 g/mol.